The lowest BCUT2D eigenvalue weighted by Crippen LogP contribution is -2.61. The van der Waals surface area contributed by atoms with E-state index in [2.05, 4.69) is 80.7 Å². The quantitative estimate of drug-likeness (QED) is 0.0146. The lowest BCUT2D eigenvalue weighted by atomic mass is 9.98. The molecule has 0 aliphatic carbocycles. The van der Waals surface area contributed by atoms with E-state index in [1.165, 1.54) is 25.7 Å². The van der Waals surface area contributed by atoms with Gasteiger partial charge in [-0.3, -0.25) is 9.59 Å². The number of carbonyl (C=O) groups is 2. The molecular formula is C55H84O15. The van der Waals surface area contributed by atoms with Crippen LogP contribution in [-0.2, 0) is 38.0 Å². The molecule has 2 heterocycles. The molecule has 5 unspecified atom stereocenters. The zero-order chi connectivity index (χ0) is 51.0. The fourth-order valence-electron chi connectivity index (χ4n) is 6.91. The van der Waals surface area contributed by atoms with Gasteiger partial charge >= 0.3 is 11.9 Å². The number of unbranched alkanes of at least 4 members (excludes halogenated alkanes) is 6. The van der Waals surface area contributed by atoms with Gasteiger partial charge in [-0.2, -0.15) is 0 Å². The summed E-state index contributed by atoms with van der Waals surface area (Å²) in [5, 5.41) is 72.0. The molecule has 7 N–H and O–H groups in total. The van der Waals surface area contributed by atoms with Crippen molar-refractivity contribution in [1.82, 2.24) is 0 Å². The van der Waals surface area contributed by atoms with Crippen LogP contribution in [0.4, 0.5) is 0 Å². The first-order valence-corrected chi connectivity index (χ1v) is 25.2. The first-order chi connectivity index (χ1) is 34.0. The van der Waals surface area contributed by atoms with E-state index < -0.39 is 99.3 Å². The topological polar surface area (TPSA) is 231 Å². The van der Waals surface area contributed by atoms with Crippen LogP contribution in [-0.4, -0.2) is 142 Å². The van der Waals surface area contributed by atoms with E-state index in [-0.39, 0.29) is 19.4 Å². The summed E-state index contributed by atoms with van der Waals surface area (Å²) in [6.45, 7) is 2.25. The highest BCUT2D eigenvalue weighted by Crippen LogP contribution is 2.26. The van der Waals surface area contributed by atoms with Gasteiger partial charge in [0.1, 0.15) is 55.4 Å². The zero-order valence-corrected chi connectivity index (χ0v) is 41.4. The predicted octanol–water partition coefficient (Wildman–Crippen LogP) is 6.93. The molecule has 15 heteroatoms. The standard InChI is InChI=1S/C55H84O15/c1-3-5-7-9-11-13-15-17-18-19-20-21-22-23-24-26-27-29-31-33-35-37-46(57)65-40-43(68-47(58)38-36-34-32-30-28-25-16-14-12-10-8-6-4-2)41-66-54-53(64)51(62)49(60)45(70-54)42-67-55-52(63)50(61)48(59)44(39-56)69-55/h6,8,10-14,16-18,20-21,23-25,27-30,32,43-45,48-56,59-64H,3-5,7,9,15,19,22,26,31,33-42H2,1-2H3/b8-6+,12-10+,13-11+,16-14+,18-17+,21-20+,24-23+,28-25+,29-27+,32-30+/t43?,44-,45-,48+,49+,50?,51?,52?,53?,54-,55-/m1/s1. The minimum Gasteiger partial charge on any atom is -0.462 e. The molecule has 2 aliphatic heterocycles. The normalized spacial score (nSPS) is 26.4. The summed E-state index contributed by atoms with van der Waals surface area (Å²) < 4.78 is 33.4. The van der Waals surface area contributed by atoms with E-state index in [0.717, 1.165) is 44.9 Å². The number of hydrogen-bond donors (Lipinski definition) is 7. The predicted molar refractivity (Wildman–Crippen MR) is 270 cm³/mol. The van der Waals surface area contributed by atoms with Crippen LogP contribution in [0.3, 0.4) is 0 Å². The van der Waals surface area contributed by atoms with Gasteiger partial charge < -0.3 is 64.2 Å². The molecular weight excluding hydrogens is 901 g/mol. The average Bonchev–Trinajstić information content (AvgIpc) is 3.35. The summed E-state index contributed by atoms with van der Waals surface area (Å²) in [5.41, 5.74) is 0. The van der Waals surface area contributed by atoms with E-state index in [4.69, 9.17) is 28.4 Å². The fraction of sp³-hybridized carbons (Fsp3) is 0.600. The van der Waals surface area contributed by atoms with Gasteiger partial charge in [-0.15, -0.1) is 0 Å². The molecule has 15 nitrogen and oxygen atoms in total. The second-order valence-corrected chi connectivity index (χ2v) is 17.0. The molecule has 0 aromatic rings. The summed E-state index contributed by atoms with van der Waals surface area (Å²) >= 11 is 0. The third-order valence-electron chi connectivity index (χ3n) is 11.1. The maximum atomic E-state index is 12.9. The van der Waals surface area contributed by atoms with Gasteiger partial charge in [-0.1, -0.05) is 148 Å². The van der Waals surface area contributed by atoms with Gasteiger partial charge in [0.2, 0.25) is 0 Å². The molecule has 0 saturated carbocycles. The third kappa shape index (κ3) is 28.1. The van der Waals surface area contributed by atoms with Crippen molar-refractivity contribution >= 4 is 11.9 Å². The molecule has 11 atom stereocenters. The Kier molecular flexibility index (Phi) is 35.9. The van der Waals surface area contributed by atoms with Crippen molar-refractivity contribution in [2.24, 2.45) is 0 Å². The van der Waals surface area contributed by atoms with Crippen LogP contribution in [0.15, 0.2) is 122 Å². The zero-order valence-electron chi connectivity index (χ0n) is 41.4. The maximum Gasteiger partial charge on any atom is 0.306 e. The smallest absolute Gasteiger partial charge is 0.306 e. The number of aliphatic hydroxyl groups is 7. The summed E-state index contributed by atoms with van der Waals surface area (Å²) in [6, 6.07) is 0. The second-order valence-electron chi connectivity index (χ2n) is 17.0. The van der Waals surface area contributed by atoms with E-state index in [1.807, 2.05) is 54.7 Å². The largest absolute Gasteiger partial charge is 0.462 e. The van der Waals surface area contributed by atoms with Crippen LogP contribution in [0.25, 0.3) is 0 Å². The summed E-state index contributed by atoms with van der Waals surface area (Å²) in [4.78, 5) is 25.7. The third-order valence-corrected chi connectivity index (χ3v) is 11.1. The van der Waals surface area contributed by atoms with Crippen molar-refractivity contribution < 1.29 is 73.8 Å². The lowest BCUT2D eigenvalue weighted by molar-refractivity contribution is -0.332. The molecule has 2 saturated heterocycles. The highest BCUT2D eigenvalue weighted by atomic mass is 16.7. The Morgan fingerprint density at radius 1 is 0.486 bits per heavy atom. The second kappa shape index (κ2) is 40.5. The number of carbonyl (C=O) groups excluding carboxylic acids is 2. The SMILES string of the molecule is CC/C=C/C=C/C=C/C=C/C=C/CCCC(=O)OC(COC(=O)CCCC/C=C/C/C=C/C/C=C/C/C=C/C/C=C/CCCCC)CO[C@@H]1O[C@H](CO[C@@H]2O[C@H](CO)[C@H](O)C(O)C2O)[C@H](O)C(O)C1O. The molecule has 0 spiro atoms. The molecule has 0 aromatic carbocycles. The number of hydrogen-bond acceptors (Lipinski definition) is 15. The van der Waals surface area contributed by atoms with Crippen molar-refractivity contribution in [2.45, 2.75) is 184 Å². The van der Waals surface area contributed by atoms with Crippen molar-refractivity contribution in [3.8, 4) is 0 Å². The van der Waals surface area contributed by atoms with E-state index in [9.17, 15) is 45.3 Å². The first-order valence-electron chi connectivity index (χ1n) is 25.2. The Balaban J connectivity index is 1.85. The van der Waals surface area contributed by atoms with Gasteiger partial charge in [0.15, 0.2) is 18.7 Å². The van der Waals surface area contributed by atoms with Crippen molar-refractivity contribution in [2.75, 3.05) is 26.4 Å². The van der Waals surface area contributed by atoms with Crippen molar-refractivity contribution in [3.05, 3.63) is 122 Å². The number of allylic oxidation sites excluding steroid dienone is 20. The summed E-state index contributed by atoms with van der Waals surface area (Å²) in [7, 11) is 0. The monoisotopic (exact) mass is 985 g/mol. The Hall–Kier alpha value is -4.10. The molecule has 0 aromatic heterocycles. The van der Waals surface area contributed by atoms with Gasteiger partial charge in [0, 0.05) is 12.8 Å². The average molecular weight is 985 g/mol. The molecule has 70 heavy (non-hydrogen) atoms. The summed E-state index contributed by atoms with van der Waals surface area (Å²) in [6.07, 6.45) is 36.7. The van der Waals surface area contributed by atoms with Crippen LogP contribution in [0.5, 0.6) is 0 Å². The molecule has 2 aliphatic rings. The molecule has 0 radical (unpaired) electrons. The Bertz CT molecular complexity index is 1680. The van der Waals surface area contributed by atoms with Crippen LogP contribution in [0.1, 0.15) is 117 Å². The van der Waals surface area contributed by atoms with E-state index in [1.54, 1.807) is 0 Å². The number of aliphatic hydroxyl groups excluding tert-OH is 7. The first kappa shape index (κ1) is 62.0. The number of ether oxygens (including phenoxy) is 6. The maximum absolute atomic E-state index is 12.9. The molecule has 0 bridgehead atoms. The van der Waals surface area contributed by atoms with Gasteiger partial charge in [0.05, 0.1) is 19.8 Å². The Labute approximate surface area is 416 Å². The molecule has 0 amide bonds. The van der Waals surface area contributed by atoms with E-state index in [0.29, 0.717) is 19.3 Å². The fourth-order valence-corrected chi connectivity index (χ4v) is 6.91. The number of esters is 2. The minimum absolute atomic E-state index is 0.0508. The highest BCUT2D eigenvalue weighted by molar-refractivity contribution is 5.70. The highest BCUT2D eigenvalue weighted by Gasteiger charge is 2.47. The lowest BCUT2D eigenvalue weighted by Gasteiger charge is -2.42. The van der Waals surface area contributed by atoms with Gasteiger partial charge in [0.25, 0.3) is 0 Å². The Morgan fingerprint density at radius 2 is 0.957 bits per heavy atom. The van der Waals surface area contributed by atoms with Crippen LogP contribution >= 0.6 is 0 Å². The summed E-state index contributed by atoms with van der Waals surface area (Å²) in [5.74, 6) is -1.08. The molecule has 2 fully saturated rings. The van der Waals surface area contributed by atoms with Gasteiger partial charge in [-0.05, 0) is 77.0 Å². The van der Waals surface area contributed by atoms with E-state index >= 15 is 0 Å². The van der Waals surface area contributed by atoms with Crippen LogP contribution in [0.2, 0.25) is 0 Å². The molecule has 394 valence electrons. The molecule has 2 rings (SSSR count). The van der Waals surface area contributed by atoms with Crippen molar-refractivity contribution in [3.63, 3.8) is 0 Å². The minimum atomic E-state index is -1.79. The van der Waals surface area contributed by atoms with Gasteiger partial charge in [-0.25, -0.2) is 0 Å². The van der Waals surface area contributed by atoms with Crippen LogP contribution < -0.4 is 0 Å². The van der Waals surface area contributed by atoms with Crippen LogP contribution in [0, 0.1) is 0 Å². The number of rotatable bonds is 36. The van der Waals surface area contributed by atoms with Crippen molar-refractivity contribution in [1.29, 1.82) is 0 Å². The Morgan fingerprint density at radius 3 is 1.51 bits per heavy atom.